The molecule has 0 aliphatic rings. The Labute approximate surface area is 68.6 Å². The van der Waals surface area contributed by atoms with Crippen LogP contribution >= 0.6 is 0 Å². The molecule has 64 valence electrons. The summed E-state index contributed by atoms with van der Waals surface area (Å²) in [4.78, 5) is 13.9. The van der Waals surface area contributed by atoms with Gasteiger partial charge in [-0.05, 0) is 12.1 Å². The van der Waals surface area contributed by atoms with Gasteiger partial charge in [0.15, 0.2) is 5.82 Å². The fourth-order valence-corrected chi connectivity index (χ4v) is 0.713. The van der Waals surface area contributed by atoms with Crippen LogP contribution in [0.5, 0.6) is 0 Å². The van der Waals surface area contributed by atoms with E-state index in [4.69, 9.17) is 5.73 Å². The first kappa shape index (κ1) is 8.45. The summed E-state index contributed by atoms with van der Waals surface area (Å²) in [5.74, 6) is -0.949. The summed E-state index contributed by atoms with van der Waals surface area (Å²) in [6.07, 6.45) is 0. The number of carbonyl (C=O) groups is 1. The topological polar surface area (TPSA) is 68.0 Å². The van der Waals surface area contributed by atoms with Gasteiger partial charge in [-0.3, -0.25) is 4.79 Å². The Bertz CT molecular complexity index is 314. The minimum Gasteiger partial charge on any atom is -0.396 e. The van der Waals surface area contributed by atoms with Gasteiger partial charge in [0.2, 0.25) is 11.9 Å². The number of aromatic nitrogens is 1. The van der Waals surface area contributed by atoms with Crippen molar-refractivity contribution in [3.8, 4) is 0 Å². The summed E-state index contributed by atoms with van der Waals surface area (Å²) < 4.78 is 12.5. The number of pyridine rings is 1. The Morgan fingerprint density at radius 3 is 2.92 bits per heavy atom. The highest BCUT2D eigenvalue weighted by molar-refractivity contribution is 5.90. The van der Waals surface area contributed by atoms with Crippen LogP contribution in [0, 0.1) is 5.95 Å². The fraction of sp³-hybridized carbons (Fsp3) is 0.143. The van der Waals surface area contributed by atoms with Crippen LogP contribution in [0.25, 0.3) is 0 Å². The van der Waals surface area contributed by atoms with Crippen molar-refractivity contribution in [2.24, 2.45) is 0 Å². The van der Waals surface area contributed by atoms with Crippen molar-refractivity contribution in [1.29, 1.82) is 0 Å². The molecular formula is C7H8FN3O. The van der Waals surface area contributed by atoms with Crippen LogP contribution in [-0.2, 0) is 4.79 Å². The molecule has 1 rings (SSSR count). The number of hydrogen-bond donors (Lipinski definition) is 2. The molecule has 4 nitrogen and oxygen atoms in total. The quantitative estimate of drug-likeness (QED) is 0.610. The molecule has 0 radical (unpaired) electrons. The summed E-state index contributed by atoms with van der Waals surface area (Å²) in [6.45, 7) is 1.30. The van der Waals surface area contributed by atoms with E-state index in [0.29, 0.717) is 0 Å². The highest BCUT2D eigenvalue weighted by Crippen LogP contribution is 2.14. The van der Waals surface area contributed by atoms with Gasteiger partial charge in [0.05, 0.1) is 5.69 Å². The smallest absolute Gasteiger partial charge is 0.222 e. The maximum atomic E-state index is 12.5. The van der Waals surface area contributed by atoms with Crippen LogP contribution in [0.15, 0.2) is 12.1 Å². The second-order valence-electron chi connectivity index (χ2n) is 2.25. The van der Waals surface area contributed by atoms with E-state index in [-0.39, 0.29) is 17.4 Å². The highest BCUT2D eigenvalue weighted by Gasteiger charge is 2.03. The van der Waals surface area contributed by atoms with E-state index in [9.17, 15) is 9.18 Å². The second-order valence-corrected chi connectivity index (χ2v) is 2.25. The van der Waals surface area contributed by atoms with E-state index in [1.54, 1.807) is 0 Å². The van der Waals surface area contributed by atoms with E-state index in [0.717, 1.165) is 6.07 Å². The molecule has 3 N–H and O–H groups in total. The number of nitrogens with two attached hydrogens (primary N) is 1. The molecule has 0 aliphatic heterocycles. The van der Waals surface area contributed by atoms with Crippen LogP contribution in [0.3, 0.4) is 0 Å². The average molecular weight is 169 g/mol. The fourth-order valence-electron chi connectivity index (χ4n) is 0.713. The lowest BCUT2D eigenvalue weighted by Gasteiger charge is -2.03. The first-order chi connectivity index (χ1) is 5.59. The molecule has 1 aromatic rings. The van der Waals surface area contributed by atoms with Crippen LogP contribution in [-0.4, -0.2) is 10.9 Å². The largest absolute Gasteiger partial charge is 0.396 e. The highest BCUT2D eigenvalue weighted by atomic mass is 19.1. The van der Waals surface area contributed by atoms with E-state index >= 15 is 0 Å². The van der Waals surface area contributed by atoms with Crippen molar-refractivity contribution in [2.45, 2.75) is 6.92 Å². The molecule has 0 bridgehead atoms. The number of halogens is 1. The van der Waals surface area contributed by atoms with Gasteiger partial charge < -0.3 is 11.1 Å². The molecule has 1 amide bonds. The third-order valence-electron chi connectivity index (χ3n) is 1.19. The van der Waals surface area contributed by atoms with Crippen LogP contribution in [0.4, 0.5) is 15.9 Å². The number of anilines is 2. The van der Waals surface area contributed by atoms with Crippen LogP contribution in [0.1, 0.15) is 6.92 Å². The van der Waals surface area contributed by atoms with Gasteiger partial charge in [-0.15, -0.1) is 0 Å². The van der Waals surface area contributed by atoms with E-state index in [1.807, 2.05) is 0 Å². The third-order valence-corrected chi connectivity index (χ3v) is 1.19. The monoisotopic (exact) mass is 169 g/mol. The van der Waals surface area contributed by atoms with Crippen molar-refractivity contribution >= 4 is 17.4 Å². The summed E-state index contributed by atoms with van der Waals surface area (Å²) in [5, 5.41) is 2.30. The molecule has 0 saturated heterocycles. The molecule has 0 fully saturated rings. The van der Waals surface area contributed by atoms with Gasteiger partial charge in [-0.1, -0.05) is 0 Å². The minimum atomic E-state index is -0.673. The predicted octanol–water partition coefficient (Wildman–Crippen LogP) is 0.761. The van der Waals surface area contributed by atoms with Gasteiger partial charge in [-0.2, -0.15) is 9.37 Å². The Morgan fingerprint density at radius 2 is 2.33 bits per heavy atom. The lowest BCUT2D eigenvalue weighted by atomic mass is 10.4. The molecule has 0 aromatic carbocycles. The summed E-state index contributed by atoms with van der Waals surface area (Å²) in [6, 6.07) is 2.47. The zero-order chi connectivity index (χ0) is 9.14. The zero-order valence-electron chi connectivity index (χ0n) is 6.47. The Kier molecular flexibility index (Phi) is 2.23. The molecule has 0 spiro atoms. The Morgan fingerprint density at radius 1 is 1.67 bits per heavy atom. The van der Waals surface area contributed by atoms with Gasteiger partial charge in [0.25, 0.3) is 0 Å². The van der Waals surface area contributed by atoms with Crippen molar-refractivity contribution in [2.75, 3.05) is 11.1 Å². The molecule has 0 atom stereocenters. The molecular weight excluding hydrogens is 161 g/mol. The van der Waals surface area contributed by atoms with Gasteiger partial charge in [0.1, 0.15) is 0 Å². The van der Waals surface area contributed by atoms with E-state index in [2.05, 4.69) is 10.3 Å². The number of hydrogen-bond acceptors (Lipinski definition) is 3. The van der Waals surface area contributed by atoms with Crippen molar-refractivity contribution in [1.82, 2.24) is 4.98 Å². The number of nitrogens with one attached hydrogen (secondary N) is 1. The second kappa shape index (κ2) is 3.17. The number of rotatable bonds is 1. The molecule has 0 saturated carbocycles. The standard InChI is InChI=1S/C7H8FN3O/c1-4(12)10-7-5(9)2-3-6(8)11-7/h2-3H,9H2,1H3,(H,10,11,12). The Hall–Kier alpha value is -1.65. The SMILES string of the molecule is CC(=O)Nc1nc(F)ccc1N. The summed E-state index contributed by atoms with van der Waals surface area (Å²) >= 11 is 0. The maximum Gasteiger partial charge on any atom is 0.222 e. The molecule has 1 heterocycles. The third kappa shape index (κ3) is 1.91. The minimum absolute atomic E-state index is 0.0579. The normalized spacial score (nSPS) is 9.50. The van der Waals surface area contributed by atoms with Crippen molar-refractivity contribution < 1.29 is 9.18 Å². The lowest BCUT2D eigenvalue weighted by molar-refractivity contribution is -0.114. The van der Waals surface area contributed by atoms with Crippen LogP contribution in [0.2, 0.25) is 0 Å². The molecule has 5 heteroatoms. The summed E-state index contributed by atoms with van der Waals surface area (Å²) in [7, 11) is 0. The summed E-state index contributed by atoms with van der Waals surface area (Å²) in [5.41, 5.74) is 5.64. The number of carbonyl (C=O) groups excluding carboxylic acids is 1. The number of nitrogen functional groups attached to an aromatic ring is 1. The van der Waals surface area contributed by atoms with E-state index < -0.39 is 5.95 Å². The van der Waals surface area contributed by atoms with E-state index in [1.165, 1.54) is 13.0 Å². The van der Waals surface area contributed by atoms with Gasteiger partial charge >= 0.3 is 0 Å². The maximum absolute atomic E-state index is 12.5. The number of amides is 1. The average Bonchev–Trinajstić information content (AvgIpc) is 1.96. The zero-order valence-corrected chi connectivity index (χ0v) is 6.47. The first-order valence-corrected chi connectivity index (χ1v) is 3.29. The predicted molar refractivity (Wildman–Crippen MR) is 42.9 cm³/mol. The molecule has 0 aliphatic carbocycles. The van der Waals surface area contributed by atoms with Crippen molar-refractivity contribution in [3.63, 3.8) is 0 Å². The Balaban J connectivity index is 2.97. The number of nitrogens with zero attached hydrogens (tertiary/aromatic N) is 1. The molecule has 12 heavy (non-hydrogen) atoms. The first-order valence-electron chi connectivity index (χ1n) is 3.29. The molecule has 0 unspecified atom stereocenters. The van der Waals surface area contributed by atoms with Gasteiger partial charge in [-0.25, -0.2) is 0 Å². The van der Waals surface area contributed by atoms with Gasteiger partial charge in [0, 0.05) is 6.92 Å². The lowest BCUT2D eigenvalue weighted by Crippen LogP contribution is -2.10. The molecule has 1 aromatic heterocycles. The van der Waals surface area contributed by atoms with Crippen molar-refractivity contribution in [3.05, 3.63) is 18.1 Å². The van der Waals surface area contributed by atoms with Crippen LogP contribution < -0.4 is 11.1 Å².